The molecule has 0 radical (unpaired) electrons. The van der Waals surface area contributed by atoms with E-state index in [2.05, 4.69) is 4.98 Å². The van der Waals surface area contributed by atoms with Gasteiger partial charge in [0.2, 0.25) is 0 Å². The minimum Gasteiger partial charge on any atom is -0.264 e. The van der Waals surface area contributed by atoms with E-state index in [1.807, 2.05) is 6.07 Å². The summed E-state index contributed by atoms with van der Waals surface area (Å²) < 4.78 is 37.3. The summed E-state index contributed by atoms with van der Waals surface area (Å²) in [5, 5.41) is 0. The lowest BCUT2D eigenvalue weighted by atomic mass is 9.81. The standard InChI is InChI=1S/C18H20FNO2S/c1-23(21,22)18-8-7-14(11-17(18)19)16-12-20-10-9-15(16)13-5-3-2-4-6-13/h7-13H,2-6H2,1H3. The molecule has 1 saturated carbocycles. The van der Waals surface area contributed by atoms with E-state index in [0.29, 0.717) is 11.5 Å². The molecule has 0 saturated heterocycles. The third-order valence-corrected chi connectivity index (χ3v) is 5.67. The van der Waals surface area contributed by atoms with Crippen LogP contribution in [0.1, 0.15) is 43.6 Å². The van der Waals surface area contributed by atoms with Crippen molar-refractivity contribution in [3.63, 3.8) is 0 Å². The van der Waals surface area contributed by atoms with Gasteiger partial charge >= 0.3 is 0 Å². The molecular formula is C18H20FNO2S. The van der Waals surface area contributed by atoms with Crippen LogP contribution < -0.4 is 0 Å². The summed E-state index contributed by atoms with van der Waals surface area (Å²) in [6.07, 6.45) is 10.5. The van der Waals surface area contributed by atoms with E-state index in [-0.39, 0.29) is 4.90 Å². The molecule has 1 aliphatic rings. The minimum atomic E-state index is -3.55. The summed E-state index contributed by atoms with van der Waals surface area (Å²) in [7, 11) is -3.55. The van der Waals surface area contributed by atoms with Crippen molar-refractivity contribution < 1.29 is 12.8 Å². The molecule has 0 N–H and O–H groups in total. The van der Waals surface area contributed by atoms with E-state index < -0.39 is 15.7 Å². The summed E-state index contributed by atoms with van der Waals surface area (Å²) in [6.45, 7) is 0. The van der Waals surface area contributed by atoms with Crippen LogP contribution >= 0.6 is 0 Å². The van der Waals surface area contributed by atoms with Crippen LogP contribution in [0.15, 0.2) is 41.6 Å². The Bertz CT molecular complexity index is 812. The first-order chi connectivity index (χ1) is 11.0. The van der Waals surface area contributed by atoms with Crippen LogP contribution in [0, 0.1) is 5.82 Å². The van der Waals surface area contributed by atoms with Gasteiger partial charge in [0.25, 0.3) is 0 Å². The highest BCUT2D eigenvalue weighted by Crippen LogP contribution is 2.38. The second-order valence-electron chi connectivity index (χ2n) is 6.22. The Morgan fingerprint density at radius 2 is 1.87 bits per heavy atom. The Labute approximate surface area is 136 Å². The Hall–Kier alpha value is -1.75. The fraction of sp³-hybridized carbons (Fsp3) is 0.389. The Morgan fingerprint density at radius 1 is 1.13 bits per heavy atom. The van der Waals surface area contributed by atoms with Crippen LogP contribution in [-0.4, -0.2) is 19.7 Å². The van der Waals surface area contributed by atoms with E-state index in [0.717, 1.165) is 24.7 Å². The summed E-state index contributed by atoms with van der Waals surface area (Å²) >= 11 is 0. The molecule has 122 valence electrons. The molecule has 1 aromatic carbocycles. The topological polar surface area (TPSA) is 47.0 Å². The number of aromatic nitrogens is 1. The van der Waals surface area contributed by atoms with Gasteiger partial charge < -0.3 is 0 Å². The van der Waals surface area contributed by atoms with Gasteiger partial charge in [0.05, 0.1) is 0 Å². The van der Waals surface area contributed by atoms with Crippen molar-refractivity contribution in [1.82, 2.24) is 4.98 Å². The van der Waals surface area contributed by atoms with Gasteiger partial charge in [0, 0.05) is 24.2 Å². The number of benzene rings is 1. The molecule has 0 aliphatic heterocycles. The lowest BCUT2D eigenvalue weighted by Gasteiger charge is -2.24. The highest BCUT2D eigenvalue weighted by Gasteiger charge is 2.20. The zero-order valence-electron chi connectivity index (χ0n) is 13.1. The van der Waals surface area contributed by atoms with E-state index in [4.69, 9.17) is 0 Å². The fourth-order valence-electron chi connectivity index (χ4n) is 3.39. The zero-order valence-corrected chi connectivity index (χ0v) is 13.9. The molecule has 1 heterocycles. The van der Waals surface area contributed by atoms with Crippen LogP contribution in [-0.2, 0) is 9.84 Å². The maximum absolute atomic E-state index is 14.2. The quantitative estimate of drug-likeness (QED) is 0.839. The normalized spacial score (nSPS) is 16.4. The third kappa shape index (κ3) is 3.44. The highest BCUT2D eigenvalue weighted by molar-refractivity contribution is 7.90. The third-order valence-electron chi connectivity index (χ3n) is 4.54. The van der Waals surface area contributed by atoms with Crippen molar-refractivity contribution in [1.29, 1.82) is 0 Å². The van der Waals surface area contributed by atoms with Crippen LogP contribution in [0.4, 0.5) is 4.39 Å². The number of rotatable bonds is 3. The molecular weight excluding hydrogens is 313 g/mol. The summed E-state index contributed by atoms with van der Waals surface area (Å²) in [6, 6.07) is 6.33. The molecule has 0 amide bonds. The maximum atomic E-state index is 14.2. The summed E-state index contributed by atoms with van der Waals surface area (Å²) in [5.41, 5.74) is 2.77. The number of hydrogen-bond acceptors (Lipinski definition) is 3. The van der Waals surface area contributed by atoms with Gasteiger partial charge in [-0.05, 0) is 48.1 Å². The molecule has 0 unspecified atom stereocenters. The number of hydrogen-bond donors (Lipinski definition) is 0. The van der Waals surface area contributed by atoms with Gasteiger partial charge in [-0.15, -0.1) is 0 Å². The van der Waals surface area contributed by atoms with Crippen LogP contribution in [0.25, 0.3) is 11.1 Å². The lowest BCUT2D eigenvalue weighted by Crippen LogP contribution is -2.06. The van der Waals surface area contributed by atoms with Crippen molar-refractivity contribution in [2.45, 2.75) is 42.9 Å². The summed E-state index contributed by atoms with van der Waals surface area (Å²) in [5.74, 6) is -0.233. The molecule has 1 fully saturated rings. The van der Waals surface area contributed by atoms with Crippen molar-refractivity contribution in [3.8, 4) is 11.1 Å². The Morgan fingerprint density at radius 3 is 2.52 bits per heavy atom. The van der Waals surface area contributed by atoms with E-state index in [1.54, 1.807) is 18.5 Å². The maximum Gasteiger partial charge on any atom is 0.178 e. The SMILES string of the molecule is CS(=O)(=O)c1ccc(-c2cnccc2C2CCCCC2)cc1F. The molecule has 3 nitrogen and oxygen atoms in total. The molecule has 5 heteroatoms. The first-order valence-corrected chi connectivity index (χ1v) is 9.80. The second-order valence-corrected chi connectivity index (χ2v) is 8.20. The molecule has 1 aliphatic carbocycles. The van der Waals surface area contributed by atoms with Crippen LogP contribution in [0.5, 0.6) is 0 Å². The van der Waals surface area contributed by atoms with E-state index in [9.17, 15) is 12.8 Å². The van der Waals surface area contributed by atoms with E-state index >= 15 is 0 Å². The monoisotopic (exact) mass is 333 g/mol. The number of sulfone groups is 1. The molecule has 23 heavy (non-hydrogen) atoms. The first kappa shape index (κ1) is 16.1. The van der Waals surface area contributed by atoms with Gasteiger partial charge in [-0.2, -0.15) is 0 Å². The summed E-state index contributed by atoms with van der Waals surface area (Å²) in [4.78, 5) is 3.92. The molecule has 1 aromatic heterocycles. The minimum absolute atomic E-state index is 0.260. The zero-order chi connectivity index (χ0) is 16.4. The number of nitrogens with zero attached hydrogens (tertiary/aromatic N) is 1. The van der Waals surface area contributed by atoms with E-state index in [1.165, 1.54) is 37.0 Å². The van der Waals surface area contributed by atoms with Crippen molar-refractivity contribution in [2.75, 3.05) is 6.26 Å². The molecule has 0 bridgehead atoms. The number of pyridine rings is 1. The van der Waals surface area contributed by atoms with Crippen LogP contribution in [0.3, 0.4) is 0 Å². The predicted octanol–water partition coefficient (Wildman–Crippen LogP) is 4.34. The fourth-order valence-corrected chi connectivity index (χ4v) is 4.11. The van der Waals surface area contributed by atoms with Gasteiger partial charge in [0.1, 0.15) is 10.7 Å². The van der Waals surface area contributed by atoms with Crippen molar-refractivity contribution >= 4 is 9.84 Å². The highest BCUT2D eigenvalue weighted by atomic mass is 32.2. The molecule has 0 atom stereocenters. The second kappa shape index (κ2) is 6.40. The van der Waals surface area contributed by atoms with Gasteiger partial charge in [0.15, 0.2) is 9.84 Å². The average Bonchev–Trinajstić information content (AvgIpc) is 2.54. The smallest absolute Gasteiger partial charge is 0.178 e. The molecule has 0 spiro atoms. The first-order valence-electron chi connectivity index (χ1n) is 7.90. The Balaban J connectivity index is 2.04. The number of halogens is 1. The largest absolute Gasteiger partial charge is 0.264 e. The molecule has 3 rings (SSSR count). The average molecular weight is 333 g/mol. The molecule has 2 aromatic rings. The van der Waals surface area contributed by atoms with Crippen molar-refractivity contribution in [3.05, 3.63) is 48.0 Å². The van der Waals surface area contributed by atoms with Gasteiger partial charge in [-0.1, -0.05) is 25.3 Å². The lowest BCUT2D eigenvalue weighted by molar-refractivity contribution is 0.444. The van der Waals surface area contributed by atoms with Gasteiger partial charge in [-0.3, -0.25) is 4.98 Å². The van der Waals surface area contributed by atoms with Crippen molar-refractivity contribution in [2.24, 2.45) is 0 Å². The van der Waals surface area contributed by atoms with Crippen LogP contribution in [0.2, 0.25) is 0 Å². The predicted molar refractivity (Wildman–Crippen MR) is 88.6 cm³/mol. The Kier molecular flexibility index (Phi) is 4.48. The van der Waals surface area contributed by atoms with Gasteiger partial charge in [-0.25, -0.2) is 12.8 Å².